The van der Waals surface area contributed by atoms with Gasteiger partial charge in [0.15, 0.2) is 0 Å². The lowest BCUT2D eigenvalue weighted by Crippen LogP contribution is -2.50. The molecule has 136 valence electrons. The van der Waals surface area contributed by atoms with Crippen LogP contribution in [0.3, 0.4) is 0 Å². The summed E-state index contributed by atoms with van der Waals surface area (Å²) in [6, 6.07) is 9.92. The number of amides is 1. The van der Waals surface area contributed by atoms with Gasteiger partial charge in [-0.15, -0.1) is 0 Å². The number of hydrogen-bond acceptors (Lipinski definition) is 6. The fourth-order valence-electron chi connectivity index (χ4n) is 3.58. The second-order valence-corrected chi connectivity index (χ2v) is 6.59. The smallest absolute Gasteiger partial charge is 0.241 e. The summed E-state index contributed by atoms with van der Waals surface area (Å²) in [4.78, 5) is 27.7. The van der Waals surface area contributed by atoms with Crippen molar-refractivity contribution in [1.29, 1.82) is 0 Å². The van der Waals surface area contributed by atoms with E-state index in [4.69, 9.17) is 4.74 Å². The number of rotatable bonds is 4. The molecule has 0 aliphatic carbocycles. The van der Waals surface area contributed by atoms with Crippen molar-refractivity contribution < 1.29 is 9.53 Å². The van der Waals surface area contributed by atoms with Gasteiger partial charge in [-0.25, -0.2) is 4.98 Å². The maximum absolute atomic E-state index is 12.7. The van der Waals surface area contributed by atoms with Crippen LogP contribution in [0.4, 0.5) is 11.6 Å². The van der Waals surface area contributed by atoms with Crippen molar-refractivity contribution in [2.75, 3.05) is 56.2 Å². The molecule has 7 heteroatoms. The van der Waals surface area contributed by atoms with Crippen LogP contribution in [0, 0.1) is 0 Å². The van der Waals surface area contributed by atoms with Crippen LogP contribution in [0.2, 0.25) is 0 Å². The molecular weight excluding hydrogens is 330 g/mol. The van der Waals surface area contributed by atoms with Gasteiger partial charge in [-0.1, -0.05) is 18.2 Å². The second kappa shape index (κ2) is 7.29. The Kier molecular flexibility index (Phi) is 4.71. The zero-order chi connectivity index (χ0) is 17.9. The zero-order valence-electron chi connectivity index (χ0n) is 15.0. The molecule has 2 aliphatic rings. The van der Waals surface area contributed by atoms with Gasteiger partial charge < -0.3 is 14.5 Å². The standard InChI is InChI=1S/C19H23N5O2/c1-26-17-6-8-20-19(21-17)23-12-10-22(11-13-23)14-18(25)24-9-7-15-4-2-3-5-16(15)24/h2-6,8H,7,9-14H2,1H3. The minimum atomic E-state index is 0.182. The molecule has 0 saturated carbocycles. The predicted octanol–water partition coefficient (Wildman–Crippen LogP) is 1.20. The van der Waals surface area contributed by atoms with Crippen LogP contribution < -0.4 is 14.5 Å². The monoisotopic (exact) mass is 353 g/mol. The van der Waals surface area contributed by atoms with E-state index in [-0.39, 0.29) is 5.91 Å². The van der Waals surface area contributed by atoms with E-state index >= 15 is 0 Å². The van der Waals surface area contributed by atoms with E-state index in [1.54, 1.807) is 19.4 Å². The topological polar surface area (TPSA) is 61.8 Å². The predicted molar refractivity (Wildman–Crippen MR) is 99.7 cm³/mol. The lowest BCUT2D eigenvalue weighted by Gasteiger charge is -2.35. The van der Waals surface area contributed by atoms with Crippen molar-refractivity contribution in [3.8, 4) is 5.88 Å². The van der Waals surface area contributed by atoms with Crippen molar-refractivity contribution in [3.05, 3.63) is 42.1 Å². The first-order valence-corrected chi connectivity index (χ1v) is 8.97. The Morgan fingerprint density at radius 3 is 2.73 bits per heavy atom. The maximum atomic E-state index is 12.7. The van der Waals surface area contributed by atoms with Gasteiger partial charge >= 0.3 is 0 Å². The summed E-state index contributed by atoms with van der Waals surface area (Å²) in [5.74, 6) is 1.44. The highest BCUT2D eigenvalue weighted by atomic mass is 16.5. The SMILES string of the molecule is COc1ccnc(N2CCN(CC(=O)N3CCc4ccccc43)CC2)n1. The maximum Gasteiger partial charge on any atom is 0.241 e. The van der Waals surface area contributed by atoms with Crippen LogP contribution in [0.25, 0.3) is 0 Å². The van der Waals surface area contributed by atoms with Crippen molar-refractivity contribution >= 4 is 17.5 Å². The van der Waals surface area contributed by atoms with E-state index in [0.717, 1.165) is 44.8 Å². The van der Waals surface area contributed by atoms with Gasteiger partial charge in [-0.05, 0) is 18.1 Å². The van der Waals surface area contributed by atoms with Gasteiger partial charge in [0, 0.05) is 50.7 Å². The van der Waals surface area contributed by atoms with E-state index in [0.29, 0.717) is 18.4 Å². The molecule has 2 aliphatic heterocycles. The highest BCUT2D eigenvalue weighted by Crippen LogP contribution is 2.27. The van der Waals surface area contributed by atoms with Gasteiger partial charge in [-0.2, -0.15) is 4.98 Å². The lowest BCUT2D eigenvalue weighted by molar-refractivity contribution is -0.119. The molecule has 3 heterocycles. The molecular formula is C19H23N5O2. The number of hydrogen-bond donors (Lipinski definition) is 0. The van der Waals surface area contributed by atoms with Gasteiger partial charge in [-0.3, -0.25) is 9.69 Å². The molecule has 1 aromatic carbocycles. The van der Waals surface area contributed by atoms with Crippen LogP contribution in [0.1, 0.15) is 5.56 Å². The summed E-state index contributed by atoms with van der Waals surface area (Å²) in [6.07, 6.45) is 2.66. The molecule has 26 heavy (non-hydrogen) atoms. The van der Waals surface area contributed by atoms with E-state index in [2.05, 4.69) is 25.8 Å². The zero-order valence-corrected chi connectivity index (χ0v) is 15.0. The fraction of sp³-hybridized carbons (Fsp3) is 0.421. The quantitative estimate of drug-likeness (QED) is 0.823. The molecule has 1 aromatic heterocycles. The Balaban J connectivity index is 1.33. The molecule has 0 unspecified atom stereocenters. The van der Waals surface area contributed by atoms with Crippen molar-refractivity contribution in [2.24, 2.45) is 0 Å². The summed E-state index contributed by atoms with van der Waals surface area (Å²) in [5, 5.41) is 0. The molecule has 4 rings (SSSR count). The highest BCUT2D eigenvalue weighted by Gasteiger charge is 2.27. The number of ether oxygens (including phenoxy) is 1. The average molecular weight is 353 g/mol. The number of nitrogens with zero attached hydrogens (tertiary/aromatic N) is 5. The summed E-state index contributed by atoms with van der Waals surface area (Å²) in [7, 11) is 1.60. The van der Waals surface area contributed by atoms with E-state index in [9.17, 15) is 4.79 Å². The summed E-state index contributed by atoms with van der Waals surface area (Å²) < 4.78 is 5.17. The third-order valence-electron chi connectivity index (χ3n) is 5.03. The molecule has 0 radical (unpaired) electrons. The third kappa shape index (κ3) is 3.35. The Bertz CT molecular complexity index is 789. The Labute approximate surface area is 153 Å². The molecule has 2 aromatic rings. The third-order valence-corrected chi connectivity index (χ3v) is 5.03. The Morgan fingerprint density at radius 2 is 1.92 bits per heavy atom. The largest absolute Gasteiger partial charge is 0.481 e. The van der Waals surface area contributed by atoms with E-state index in [1.807, 2.05) is 23.1 Å². The summed E-state index contributed by atoms with van der Waals surface area (Å²) in [5.41, 5.74) is 2.33. The average Bonchev–Trinajstić information content (AvgIpc) is 3.13. The van der Waals surface area contributed by atoms with Gasteiger partial charge in [0.1, 0.15) is 0 Å². The number of para-hydroxylation sites is 1. The van der Waals surface area contributed by atoms with Crippen LogP contribution in [0.15, 0.2) is 36.5 Å². The van der Waals surface area contributed by atoms with Gasteiger partial charge in [0.05, 0.1) is 13.7 Å². The molecule has 1 saturated heterocycles. The van der Waals surface area contributed by atoms with Gasteiger partial charge in [0.25, 0.3) is 0 Å². The number of fused-ring (bicyclic) bond motifs is 1. The van der Waals surface area contributed by atoms with Crippen LogP contribution in [-0.2, 0) is 11.2 Å². The number of methoxy groups -OCH3 is 1. The molecule has 1 amide bonds. The number of anilines is 2. The van der Waals surface area contributed by atoms with Crippen LogP contribution >= 0.6 is 0 Å². The molecule has 0 spiro atoms. The Hall–Kier alpha value is -2.67. The first-order chi connectivity index (χ1) is 12.7. The minimum absolute atomic E-state index is 0.182. The van der Waals surface area contributed by atoms with E-state index < -0.39 is 0 Å². The number of piperazine rings is 1. The molecule has 7 nitrogen and oxygen atoms in total. The van der Waals surface area contributed by atoms with E-state index in [1.165, 1.54) is 5.56 Å². The molecule has 1 fully saturated rings. The van der Waals surface area contributed by atoms with Crippen molar-refractivity contribution in [3.63, 3.8) is 0 Å². The minimum Gasteiger partial charge on any atom is -0.481 e. The van der Waals surface area contributed by atoms with Crippen molar-refractivity contribution in [1.82, 2.24) is 14.9 Å². The first kappa shape index (κ1) is 16.8. The molecule has 0 N–H and O–H groups in total. The Morgan fingerprint density at radius 1 is 1.12 bits per heavy atom. The van der Waals surface area contributed by atoms with Crippen LogP contribution in [-0.4, -0.2) is 67.2 Å². The number of aromatic nitrogens is 2. The number of carbonyl (C=O) groups is 1. The number of benzene rings is 1. The van der Waals surface area contributed by atoms with Crippen LogP contribution in [0.5, 0.6) is 5.88 Å². The second-order valence-electron chi connectivity index (χ2n) is 6.59. The molecule has 0 bridgehead atoms. The first-order valence-electron chi connectivity index (χ1n) is 8.97. The number of carbonyl (C=O) groups excluding carboxylic acids is 1. The lowest BCUT2D eigenvalue weighted by atomic mass is 10.2. The highest BCUT2D eigenvalue weighted by molar-refractivity contribution is 5.96. The molecule has 0 atom stereocenters. The fourth-order valence-corrected chi connectivity index (χ4v) is 3.58. The summed E-state index contributed by atoms with van der Waals surface area (Å²) >= 11 is 0. The summed E-state index contributed by atoms with van der Waals surface area (Å²) in [6.45, 7) is 4.49. The normalized spacial score (nSPS) is 17.3. The van der Waals surface area contributed by atoms with Crippen molar-refractivity contribution in [2.45, 2.75) is 6.42 Å². The van der Waals surface area contributed by atoms with Gasteiger partial charge in [0.2, 0.25) is 17.7 Å².